The van der Waals surface area contributed by atoms with E-state index in [0.29, 0.717) is 6.04 Å². The first-order valence-electron chi connectivity index (χ1n) is 6.67. The molecule has 0 spiro atoms. The fraction of sp³-hybridized carbons (Fsp3) is 0.294. The highest BCUT2D eigenvalue weighted by Gasteiger charge is 2.10. The van der Waals surface area contributed by atoms with Crippen LogP contribution in [0.3, 0.4) is 0 Å². The quantitative estimate of drug-likeness (QED) is 0.843. The number of aryl methyl sites for hydroxylation is 2. The molecule has 0 heterocycles. The molecule has 0 aliphatic carbocycles. The summed E-state index contributed by atoms with van der Waals surface area (Å²) in [6.45, 7) is 2.08. The molecule has 0 amide bonds. The van der Waals surface area contributed by atoms with E-state index in [1.165, 1.54) is 16.7 Å². The van der Waals surface area contributed by atoms with Gasteiger partial charge in [0, 0.05) is 11.1 Å². The average molecular weight is 274 g/mol. The van der Waals surface area contributed by atoms with E-state index in [1.54, 1.807) is 0 Å². The van der Waals surface area contributed by atoms with Gasteiger partial charge in [-0.25, -0.2) is 0 Å². The van der Waals surface area contributed by atoms with Crippen LogP contribution in [0.2, 0.25) is 5.02 Å². The number of nitrogens with one attached hydrogen (secondary N) is 1. The van der Waals surface area contributed by atoms with Crippen molar-refractivity contribution in [2.45, 2.75) is 25.8 Å². The van der Waals surface area contributed by atoms with E-state index in [9.17, 15) is 0 Å². The number of benzene rings is 2. The molecule has 0 fully saturated rings. The van der Waals surface area contributed by atoms with Gasteiger partial charge in [-0.2, -0.15) is 0 Å². The second kappa shape index (κ2) is 6.74. The first kappa shape index (κ1) is 14.1. The molecular formula is C17H20ClN. The van der Waals surface area contributed by atoms with Crippen LogP contribution >= 0.6 is 11.6 Å². The molecule has 0 bridgehead atoms. The second-order valence-corrected chi connectivity index (χ2v) is 5.36. The summed E-state index contributed by atoms with van der Waals surface area (Å²) in [5.41, 5.74) is 3.85. The zero-order chi connectivity index (χ0) is 13.7. The first-order chi connectivity index (χ1) is 9.19. The van der Waals surface area contributed by atoms with Gasteiger partial charge in [0.05, 0.1) is 0 Å². The fourth-order valence-corrected chi connectivity index (χ4v) is 2.70. The molecule has 1 nitrogen and oxygen atoms in total. The van der Waals surface area contributed by atoms with Crippen molar-refractivity contribution in [3.05, 3.63) is 70.2 Å². The Bertz CT molecular complexity index is 502. The molecule has 0 saturated carbocycles. The van der Waals surface area contributed by atoms with Gasteiger partial charge in [-0.05, 0) is 55.6 Å². The van der Waals surface area contributed by atoms with E-state index in [2.05, 4.69) is 54.7 Å². The van der Waals surface area contributed by atoms with Gasteiger partial charge in [-0.3, -0.25) is 0 Å². The fourth-order valence-electron chi connectivity index (χ4n) is 2.40. The van der Waals surface area contributed by atoms with E-state index in [4.69, 9.17) is 11.6 Å². The number of hydrogen-bond donors (Lipinski definition) is 1. The molecule has 1 N–H and O–H groups in total. The maximum atomic E-state index is 6.14. The monoisotopic (exact) mass is 273 g/mol. The van der Waals surface area contributed by atoms with Gasteiger partial charge >= 0.3 is 0 Å². The number of hydrogen-bond acceptors (Lipinski definition) is 1. The predicted octanol–water partition coefficient (Wildman–Crippen LogP) is 4.54. The molecular weight excluding hydrogens is 254 g/mol. The molecule has 19 heavy (non-hydrogen) atoms. The molecule has 100 valence electrons. The van der Waals surface area contributed by atoms with Crippen molar-refractivity contribution in [3.63, 3.8) is 0 Å². The van der Waals surface area contributed by atoms with Crippen molar-refractivity contribution in [2.75, 3.05) is 7.05 Å². The minimum Gasteiger partial charge on any atom is -0.313 e. The van der Waals surface area contributed by atoms with Gasteiger partial charge in [0.25, 0.3) is 0 Å². The number of halogens is 1. The van der Waals surface area contributed by atoms with E-state index >= 15 is 0 Å². The topological polar surface area (TPSA) is 12.0 Å². The summed E-state index contributed by atoms with van der Waals surface area (Å²) >= 11 is 6.14. The molecule has 0 aliphatic rings. The normalized spacial score (nSPS) is 12.4. The lowest BCUT2D eigenvalue weighted by molar-refractivity contribution is 0.549. The van der Waals surface area contributed by atoms with E-state index < -0.39 is 0 Å². The van der Waals surface area contributed by atoms with Crippen LogP contribution in [0.1, 0.15) is 29.2 Å². The molecule has 2 aromatic carbocycles. The minimum atomic E-state index is 0.345. The maximum Gasteiger partial charge on any atom is 0.0411 e. The molecule has 2 heteroatoms. The summed E-state index contributed by atoms with van der Waals surface area (Å²) in [4.78, 5) is 0. The van der Waals surface area contributed by atoms with Crippen LogP contribution in [-0.2, 0) is 6.42 Å². The highest BCUT2D eigenvalue weighted by Crippen LogP contribution is 2.23. The Morgan fingerprint density at radius 2 is 1.84 bits per heavy atom. The van der Waals surface area contributed by atoms with Gasteiger partial charge in [0.15, 0.2) is 0 Å². The lowest BCUT2D eigenvalue weighted by Crippen LogP contribution is -2.17. The van der Waals surface area contributed by atoms with Crippen LogP contribution in [0, 0.1) is 6.92 Å². The summed E-state index contributed by atoms with van der Waals surface area (Å²) < 4.78 is 0. The summed E-state index contributed by atoms with van der Waals surface area (Å²) in [7, 11) is 2.01. The summed E-state index contributed by atoms with van der Waals surface area (Å²) in [6, 6.07) is 17.2. The Kier molecular flexibility index (Phi) is 5.00. The average Bonchev–Trinajstić information content (AvgIpc) is 2.39. The molecule has 0 radical (unpaired) electrons. The number of rotatable bonds is 5. The predicted molar refractivity (Wildman–Crippen MR) is 82.8 cm³/mol. The van der Waals surface area contributed by atoms with Gasteiger partial charge in [0.1, 0.15) is 0 Å². The second-order valence-electron chi connectivity index (χ2n) is 4.93. The molecule has 0 aliphatic heterocycles. The first-order valence-corrected chi connectivity index (χ1v) is 7.05. The van der Waals surface area contributed by atoms with Crippen LogP contribution in [0.4, 0.5) is 0 Å². The van der Waals surface area contributed by atoms with Crippen molar-refractivity contribution in [1.82, 2.24) is 5.32 Å². The van der Waals surface area contributed by atoms with Gasteiger partial charge in [-0.1, -0.05) is 48.0 Å². The zero-order valence-electron chi connectivity index (χ0n) is 11.5. The van der Waals surface area contributed by atoms with Crippen molar-refractivity contribution >= 4 is 11.6 Å². The Morgan fingerprint density at radius 1 is 1.11 bits per heavy atom. The standard InChI is InChI=1S/C17H20ClN/c1-13-10-15(12-16(18)11-13)17(19-2)9-8-14-6-4-3-5-7-14/h3-7,10-12,17,19H,8-9H2,1-2H3. The van der Waals surface area contributed by atoms with Crippen molar-refractivity contribution in [3.8, 4) is 0 Å². The van der Waals surface area contributed by atoms with E-state index in [1.807, 2.05) is 13.1 Å². The zero-order valence-corrected chi connectivity index (χ0v) is 12.2. The largest absolute Gasteiger partial charge is 0.313 e. The molecule has 1 unspecified atom stereocenters. The summed E-state index contributed by atoms with van der Waals surface area (Å²) in [5, 5.41) is 4.20. The van der Waals surface area contributed by atoms with Crippen LogP contribution in [0.25, 0.3) is 0 Å². The van der Waals surface area contributed by atoms with Crippen molar-refractivity contribution < 1.29 is 0 Å². The highest BCUT2D eigenvalue weighted by atomic mass is 35.5. The SMILES string of the molecule is CNC(CCc1ccccc1)c1cc(C)cc(Cl)c1. The smallest absolute Gasteiger partial charge is 0.0411 e. The van der Waals surface area contributed by atoms with Crippen LogP contribution in [0.15, 0.2) is 48.5 Å². The Morgan fingerprint density at radius 3 is 2.47 bits per heavy atom. The third-order valence-corrected chi connectivity index (χ3v) is 3.60. The Balaban J connectivity index is 2.07. The van der Waals surface area contributed by atoms with Crippen LogP contribution in [0.5, 0.6) is 0 Å². The van der Waals surface area contributed by atoms with Crippen molar-refractivity contribution in [1.29, 1.82) is 0 Å². The Labute approximate surface area is 120 Å². The third kappa shape index (κ3) is 4.09. The summed E-state index contributed by atoms with van der Waals surface area (Å²) in [6.07, 6.45) is 2.14. The van der Waals surface area contributed by atoms with Crippen molar-refractivity contribution in [2.24, 2.45) is 0 Å². The summed E-state index contributed by atoms with van der Waals surface area (Å²) in [5.74, 6) is 0. The third-order valence-electron chi connectivity index (χ3n) is 3.38. The molecule has 2 aromatic rings. The van der Waals surface area contributed by atoms with Gasteiger partial charge in [0.2, 0.25) is 0 Å². The van der Waals surface area contributed by atoms with E-state index in [-0.39, 0.29) is 0 Å². The molecule has 1 atom stereocenters. The highest BCUT2D eigenvalue weighted by molar-refractivity contribution is 6.30. The van der Waals surface area contributed by atoms with E-state index in [0.717, 1.165) is 17.9 Å². The lowest BCUT2D eigenvalue weighted by Gasteiger charge is -2.17. The maximum absolute atomic E-state index is 6.14. The van der Waals surface area contributed by atoms with Crippen LogP contribution < -0.4 is 5.32 Å². The lowest BCUT2D eigenvalue weighted by atomic mass is 9.98. The minimum absolute atomic E-state index is 0.345. The van der Waals surface area contributed by atoms with Gasteiger partial charge < -0.3 is 5.32 Å². The molecule has 0 aromatic heterocycles. The molecule has 0 saturated heterocycles. The Hall–Kier alpha value is -1.31. The van der Waals surface area contributed by atoms with Crippen LogP contribution in [-0.4, -0.2) is 7.05 Å². The molecule has 2 rings (SSSR count). The van der Waals surface area contributed by atoms with Gasteiger partial charge in [-0.15, -0.1) is 0 Å².